The van der Waals surface area contributed by atoms with Crippen molar-refractivity contribution in [2.75, 3.05) is 0 Å². The predicted octanol–water partition coefficient (Wildman–Crippen LogP) is 1.74. The van der Waals surface area contributed by atoms with Gasteiger partial charge in [-0.25, -0.2) is 14.2 Å². The van der Waals surface area contributed by atoms with Gasteiger partial charge in [0.1, 0.15) is 11.9 Å². The second kappa shape index (κ2) is 6.49. The van der Waals surface area contributed by atoms with Crippen molar-refractivity contribution in [2.24, 2.45) is 0 Å². The smallest absolute Gasteiger partial charge is 0.326 e. The topological polar surface area (TPSA) is 95.1 Å². The zero-order chi connectivity index (χ0) is 15.4. The van der Waals surface area contributed by atoms with E-state index in [0.29, 0.717) is 10.2 Å². The van der Waals surface area contributed by atoms with E-state index >= 15 is 0 Å². The van der Waals surface area contributed by atoms with Gasteiger partial charge in [0.15, 0.2) is 0 Å². The molecule has 1 atom stereocenters. The molecule has 0 bridgehead atoms. The van der Waals surface area contributed by atoms with Gasteiger partial charge in [-0.15, -0.1) is 0 Å². The Morgan fingerprint density at radius 3 is 2.81 bits per heavy atom. The first-order valence-electron chi connectivity index (χ1n) is 5.93. The Labute approximate surface area is 127 Å². The molecular formula is C13H11BrFN3O3. The molecule has 0 saturated heterocycles. The molecule has 1 aromatic carbocycles. The summed E-state index contributed by atoms with van der Waals surface area (Å²) in [6, 6.07) is 2.74. The van der Waals surface area contributed by atoms with E-state index in [9.17, 15) is 14.0 Å². The molecule has 3 N–H and O–H groups in total. The lowest BCUT2D eigenvalue weighted by Gasteiger charge is -2.14. The van der Waals surface area contributed by atoms with Crippen LogP contribution in [0.25, 0.3) is 0 Å². The molecule has 2 aromatic rings. The molecule has 0 aliphatic heterocycles. The van der Waals surface area contributed by atoms with E-state index in [1.807, 2.05) is 0 Å². The molecule has 0 aliphatic carbocycles. The van der Waals surface area contributed by atoms with Crippen LogP contribution in [0.4, 0.5) is 4.39 Å². The van der Waals surface area contributed by atoms with Gasteiger partial charge >= 0.3 is 5.97 Å². The van der Waals surface area contributed by atoms with Crippen molar-refractivity contribution in [3.8, 4) is 0 Å². The Morgan fingerprint density at radius 1 is 1.48 bits per heavy atom. The number of amides is 1. The number of imidazole rings is 1. The summed E-state index contributed by atoms with van der Waals surface area (Å²) >= 11 is 3.08. The number of nitrogens with zero attached hydrogens (tertiary/aromatic N) is 1. The van der Waals surface area contributed by atoms with Crippen LogP contribution in [-0.4, -0.2) is 33.0 Å². The number of hydrogen-bond donors (Lipinski definition) is 3. The molecular weight excluding hydrogens is 345 g/mol. The predicted molar refractivity (Wildman–Crippen MR) is 75.3 cm³/mol. The Kier molecular flexibility index (Phi) is 4.69. The zero-order valence-electron chi connectivity index (χ0n) is 10.6. The molecule has 110 valence electrons. The van der Waals surface area contributed by atoms with Gasteiger partial charge in [0.05, 0.1) is 11.9 Å². The van der Waals surface area contributed by atoms with E-state index in [2.05, 4.69) is 31.2 Å². The first-order chi connectivity index (χ1) is 9.97. The Morgan fingerprint density at radius 2 is 2.24 bits per heavy atom. The number of aliphatic carboxylic acids is 1. The van der Waals surface area contributed by atoms with Gasteiger partial charge in [-0.2, -0.15) is 0 Å². The fraction of sp³-hybridized carbons (Fsp3) is 0.154. The number of rotatable bonds is 5. The number of carbonyl (C=O) groups excluding carboxylic acids is 1. The van der Waals surface area contributed by atoms with E-state index < -0.39 is 23.7 Å². The van der Waals surface area contributed by atoms with Gasteiger partial charge < -0.3 is 15.4 Å². The summed E-state index contributed by atoms with van der Waals surface area (Å²) in [5, 5.41) is 11.4. The lowest BCUT2D eigenvalue weighted by Crippen LogP contribution is -2.42. The van der Waals surface area contributed by atoms with Gasteiger partial charge in [0.25, 0.3) is 5.91 Å². The first-order valence-corrected chi connectivity index (χ1v) is 6.72. The van der Waals surface area contributed by atoms with Crippen molar-refractivity contribution < 1.29 is 19.1 Å². The highest BCUT2D eigenvalue weighted by Crippen LogP contribution is 2.15. The average Bonchev–Trinajstić information content (AvgIpc) is 2.90. The van der Waals surface area contributed by atoms with Crippen molar-refractivity contribution >= 4 is 27.8 Å². The molecule has 0 saturated carbocycles. The van der Waals surface area contributed by atoms with Crippen molar-refractivity contribution in [1.82, 2.24) is 15.3 Å². The van der Waals surface area contributed by atoms with Gasteiger partial charge in [-0.05, 0) is 18.2 Å². The monoisotopic (exact) mass is 355 g/mol. The molecule has 8 heteroatoms. The first kappa shape index (κ1) is 15.2. The van der Waals surface area contributed by atoms with E-state index in [4.69, 9.17) is 5.11 Å². The largest absolute Gasteiger partial charge is 0.480 e. The van der Waals surface area contributed by atoms with Crippen LogP contribution in [0.1, 0.15) is 16.1 Å². The minimum atomic E-state index is -1.21. The normalized spacial score (nSPS) is 11.9. The summed E-state index contributed by atoms with van der Waals surface area (Å²) in [5.41, 5.74) is 0.341. The van der Waals surface area contributed by atoms with Crippen LogP contribution in [0.15, 0.2) is 35.2 Å². The fourth-order valence-corrected chi connectivity index (χ4v) is 2.06. The number of halogens is 2. The Bertz CT molecular complexity index is 661. The maximum atomic E-state index is 13.7. The standard InChI is InChI=1S/C13H11BrFN3O3/c14-7-1-2-9(10(15)3-7)12(19)18-11(13(20)21)4-8-5-16-6-17-8/h1-3,5-6,11H,4H2,(H,16,17)(H,18,19)(H,20,21). The number of carboxylic acid groups (broad SMARTS) is 1. The van der Waals surface area contributed by atoms with Crippen molar-refractivity contribution in [3.05, 3.63) is 52.3 Å². The minimum absolute atomic E-state index is 0.0270. The SMILES string of the molecule is O=C(NC(Cc1cnc[nH]1)C(=O)O)c1ccc(Br)cc1F. The second-order valence-electron chi connectivity index (χ2n) is 4.27. The van der Waals surface area contributed by atoms with Crippen molar-refractivity contribution in [1.29, 1.82) is 0 Å². The van der Waals surface area contributed by atoms with Gasteiger partial charge in [-0.3, -0.25) is 4.79 Å². The molecule has 2 rings (SSSR count). The highest BCUT2D eigenvalue weighted by molar-refractivity contribution is 9.10. The number of carbonyl (C=O) groups is 2. The molecule has 0 radical (unpaired) electrons. The highest BCUT2D eigenvalue weighted by Gasteiger charge is 2.23. The molecule has 0 fully saturated rings. The van der Waals surface area contributed by atoms with Crippen molar-refractivity contribution in [3.63, 3.8) is 0 Å². The lowest BCUT2D eigenvalue weighted by molar-refractivity contribution is -0.139. The maximum Gasteiger partial charge on any atom is 0.326 e. The average molecular weight is 356 g/mol. The molecule has 0 aliphatic rings. The number of nitrogens with one attached hydrogen (secondary N) is 2. The zero-order valence-corrected chi connectivity index (χ0v) is 12.2. The summed E-state index contributed by atoms with van der Waals surface area (Å²) in [5.74, 6) is -2.73. The van der Waals surface area contributed by atoms with Crippen LogP contribution in [0.5, 0.6) is 0 Å². The van der Waals surface area contributed by atoms with Crippen LogP contribution >= 0.6 is 15.9 Å². The summed E-state index contributed by atoms with van der Waals surface area (Å²) in [7, 11) is 0. The molecule has 6 nitrogen and oxygen atoms in total. The van der Waals surface area contributed by atoms with Crippen LogP contribution in [0, 0.1) is 5.82 Å². The summed E-state index contributed by atoms with van der Waals surface area (Å²) < 4.78 is 14.2. The number of carboxylic acids is 1. The molecule has 1 unspecified atom stereocenters. The fourth-order valence-electron chi connectivity index (χ4n) is 1.73. The summed E-state index contributed by atoms with van der Waals surface area (Å²) in [6.07, 6.45) is 2.89. The van der Waals surface area contributed by atoms with Crippen LogP contribution in [0.3, 0.4) is 0 Å². The van der Waals surface area contributed by atoms with E-state index in [-0.39, 0.29) is 12.0 Å². The van der Waals surface area contributed by atoms with E-state index in [1.165, 1.54) is 24.7 Å². The van der Waals surface area contributed by atoms with E-state index in [1.54, 1.807) is 0 Å². The van der Waals surface area contributed by atoms with Crippen LogP contribution in [0.2, 0.25) is 0 Å². The highest BCUT2D eigenvalue weighted by atomic mass is 79.9. The number of aromatic nitrogens is 2. The van der Waals surface area contributed by atoms with Crippen LogP contribution in [-0.2, 0) is 11.2 Å². The third-order valence-electron chi connectivity index (χ3n) is 2.76. The molecule has 1 amide bonds. The quantitative estimate of drug-likeness (QED) is 0.761. The lowest BCUT2D eigenvalue weighted by atomic mass is 10.1. The maximum absolute atomic E-state index is 13.7. The molecule has 1 aromatic heterocycles. The molecule has 1 heterocycles. The van der Waals surface area contributed by atoms with Crippen LogP contribution < -0.4 is 5.32 Å². The third-order valence-corrected chi connectivity index (χ3v) is 3.25. The second-order valence-corrected chi connectivity index (χ2v) is 5.19. The van der Waals surface area contributed by atoms with Gasteiger partial charge in [0.2, 0.25) is 0 Å². The van der Waals surface area contributed by atoms with Crippen molar-refractivity contribution in [2.45, 2.75) is 12.5 Å². The Balaban J connectivity index is 2.12. The number of benzene rings is 1. The third kappa shape index (κ3) is 3.88. The van der Waals surface area contributed by atoms with E-state index in [0.717, 1.165) is 6.07 Å². The van der Waals surface area contributed by atoms with Gasteiger partial charge in [0, 0.05) is 22.8 Å². The summed E-state index contributed by atoms with van der Waals surface area (Å²) in [6.45, 7) is 0. The molecule has 21 heavy (non-hydrogen) atoms. The minimum Gasteiger partial charge on any atom is -0.480 e. The van der Waals surface area contributed by atoms with Gasteiger partial charge in [-0.1, -0.05) is 15.9 Å². The molecule has 0 spiro atoms. The number of aromatic amines is 1. The Hall–Kier alpha value is -2.22. The number of H-pyrrole nitrogens is 1. The summed E-state index contributed by atoms with van der Waals surface area (Å²) in [4.78, 5) is 29.7. The number of hydrogen-bond acceptors (Lipinski definition) is 3.